The van der Waals surface area contributed by atoms with Gasteiger partial charge in [0.2, 0.25) is 0 Å². The molecule has 3 rings (SSSR count). The molecule has 1 aliphatic rings. The first-order valence-corrected chi connectivity index (χ1v) is 8.99. The minimum atomic E-state index is 0. The van der Waals surface area contributed by atoms with Gasteiger partial charge in [0.05, 0.1) is 18.8 Å². The number of aliphatic imine (C=N–C) groups is 1. The van der Waals surface area contributed by atoms with Crippen LogP contribution < -0.4 is 5.32 Å². The topological polar surface area (TPSA) is 44.0 Å². The van der Waals surface area contributed by atoms with Gasteiger partial charge in [0.15, 0.2) is 5.96 Å². The standard InChI is InChI=1S/C20H28N4O.HI/c1-4-21-20(22-14-18(23(2)3)19-10-7-13-25-19)24-12-11-16-8-5-6-9-17(16)15-24;/h5-10,13,18H,4,11-12,14-15H2,1-3H3,(H,21,22);1H. The summed E-state index contributed by atoms with van der Waals surface area (Å²) < 4.78 is 5.60. The van der Waals surface area contributed by atoms with Crippen LogP contribution >= 0.6 is 24.0 Å². The number of nitrogens with one attached hydrogen (secondary N) is 1. The lowest BCUT2D eigenvalue weighted by Gasteiger charge is -2.32. The summed E-state index contributed by atoms with van der Waals surface area (Å²) in [6.07, 6.45) is 2.79. The summed E-state index contributed by atoms with van der Waals surface area (Å²) in [5.41, 5.74) is 2.85. The minimum Gasteiger partial charge on any atom is -0.468 e. The normalized spacial score (nSPS) is 15.4. The highest BCUT2D eigenvalue weighted by Crippen LogP contribution is 2.21. The smallest absolute Gasteiger partial charge is 0.194 e. The second-order valence-corrected chi connectivity index (χ2v) is 6.63. The molecule has 0 amide bonds. The van der Waals surface area contributed by atoms with Gasteiger partial charge in [-0.1, -0.05) is 24.3 Å². The number of fused-ring (bicyclic) bond motifs is 1. The molecule has 6 heteroatoms. The molecule has 1 atom stereocenters. The number of hydrogen-bond donors (Lipinski definition) is 1. The van der Waals surface area contributed by atoms with Crippen molar-refractivity contribution in [3.8, 4) is 0 Å². The van der Waals surface area contributed by atoms with Crippen LogP contribution in [0, 0.1) is 0 Å². The van der Waals surface area contributed by atoms with Crippen LogP contribution in [-0.4, -0.2) is 49.5 Å². The van der Waals surface area contributed by atoms with Gasteiger partial charge in [-0.2, -0.15) is 0 Å². The molecule has 1 aliphatic heterocycles. The Morgan fingerprint density at radius 1 is 1.23 bits per heavy atom. The Kier molecular flexibility index (Phi) is 7.96. The third kappa shape index (κ3) is 5.01. The summed E-state index contributed by atoms with van der Waals surface area (Å²) >= 11 is 0. The molecule has 26 heavy (non-hydrogen) atoms. The van der Waals surface area contributed by atoms with Crippen LogP contribution in [0.25, 0.3) is 0 Å². The highest BCUT2D eigenvalue weighted by atomic mass is 127. The molecule has 1 unspecified atom stereocenters. The molecular formula is C20H29IN4O. The van der Waals surface area contributed by atoms with Crippen molar-refractivity contribution in [2.75, 3.05) is 33.7 Å². The fourth-order valence-electron chi connectivity index (χ4n) is 3.26. The maximum atomic E-state index is 5.60. The van der Waals surface area contributed by atoms with Crippen LogP contribution in [0.2, 0.25) is 0 Å². The number of guanidine groups is 1. The molecule has 1 N–H and O–H groups in total. The van der Waals surface area contributed by atoms with E-state index in [9.17, 15) is 0 Å². The summed E-state index contributed by atoms with van der Waals surface area (Å²) in [6.45, 7) is 5.56. The number of hydrogen-bond acceptors (Lipinski definition) is 3. The van der Waals surface area contributed by atoms with Crippen molar-refractivity contribution in [1.29, 1.82) is 0 Å². The third-order valence-electron chi connectivity index (χ3n) is 4.67. The van der Waals surface area contributed by atoms with E-state index in [1.165, 1.54) is 11.1 Å². The summed E-state index contributed by atoms with van der Waals surface area (Å²) in [7, 11) is 4.12. The SMILES string of the molecule is CCNC(=NCC(c1ccco1)N(C)C)N1CCc2ccccc2C1.I. The van der Waals surface area contributed by atoms with E-state index in [0.29, 0.717) is 6.54 Å². The van der Waals surface area contributed by atoms with Crippen LogP contribution in [0.1, 0.15) is 29.9 Å². The fraction of sp³-hybridized carbons (Fsp3) is 0.450. The average molecular weight is 468 g/mol. The van der Waals surface area contributed by atoms with Gasteiger partial charge in [-0.05, 0) is 50.7 Å². The Labute approximate surface area is 173 Å². The van der Waals surface area contributed by atoms with Crippen molar-refractivity contribution in [2.45, 2.75) is 25.9 Å². The van der Waals surface area contributed by atoms with Crippen molar-refractivity contribution >= 4 is 29.9 Å². The van der Waals surface area contributed by atoms with Gasteiger partial charge in [0, 0.05) is 19.6 Å². The fourth-order valence-corrected chi connectivity index (χ4v) is 3.26. The van der Waals surface area contributed by atoms with Crippen molar-refractivity contribution in [3.63, 3.8) is 0 Å². The van der Waals surface area contributed by atoms with Gasteiger partial charge in [0.1, 0.15) is 5.76 Å². The lowest BCUT2D eigenvalue weighted by molar-refractivity contribution is 0.263. The molecule has 1 aromatic carbocycles. The molecule has 2 heterocycles. The Balaban J connectivity index is 0.00000243. The molecule has 0 radical (unpaired) electrons. The van der Waals surface area contributed by atoms with E-state index >= 15 is 0 Å². The number of rotatable bonds is 5. The Hall–Kier alpha value is -1.54. The zero-order valence-electron chi connectivity index (χ0n) is 15.8. The molecule has 0 aliphatic carbocycles. The summed E-state index contributed by atoms with van der Waals surface area (Å²) in [5, 5.41) is 3.45. The van der Waals surface area contributed by atoms with Gasteiger partial charge < -0.3 is 14.6 Å². The molecule has 0 saturated carbocycles. The molecule has 142 valence electrons. The largest absolute Gasteiger partial charge is 0.468 e. The van der Waals surface area contributed by atoms with Crippen LogP contribution in [0.3, 0.4) is 0 Å². The van der Waals surface area contributed by atoms with E-state index in [4.69, 9.17) is 9.41 Å². The van der Waals surface area contributed by atoms with Crippen LogP contribution in [0.15, 0.2) is 52.1 Å². The number of likely N-dealkylation sites (N-methyl/N-ethyl adjacent to an activating group) is 1. The van der Waals surface area contributed by atoms with Gasteiger partial charge in [-0.25, -0.2) is 0 Å². The minimum absolute atomic E-state index is 0. The first kappa shape index (κ1) is 20.8. The van der Waals surface area contributed by atoms with Crippen LogP contribution in [0.5, 0.6) is 0 Å². The van der Waals surface area contributed by atoms with E-state index < -0.39 is 0 Å². The Morgan fingerprint density at radius 2 is 2.00 bits per heavy atom. The van der Waals surface area contributed by atoms with Crippen molar-refractivity contribution < 1.29 is 4.42 Å². The maximum absolute atomic E-state index is 5.60. The average Bonchev–Trinajstić information content (AvgIpc) is 3.14. The van der Waals surface area contributed by atoms with Crippen molar-refractivity contribution in [1.82, 2.24) is 15.1 Å². The molecule has 5 nitrogen and oxygen atoms in total. The van der Waals surface area contributed by atoms with Crippen LogP contribution in [0.4, 0.5) is 0 Å². The van der Waals surface area contributed by atoms with E-state index in [0.717, 1.165) is 37.8 Å². The van der Waals surface area contributed by atoms with Gasteiger partial charge in [0.25, 0.3) is 0 Å². The zero-order chi connectivity index (χ0) is 17.6. The quantitative estimate of drug-likeness (QED) is 0.415. The zero-order valence-corrected chi connectivity index (χ0v) is 18.1. The lowest BCUT2D eigenvalue weighted by Crippen LogP contribution is -2.44. The first-order chi connectivity index (χ1) is 12.2. The maximum Gasteiger partial charge on any atom is 0.194 e. The molecule has 2 aromatic rings. The Morgan fingerprint density at radius 3 is 2.65 bits per heavy atom. The molecule has 1 aromatic heterocycles. The monoisotopic (exact) mass is 468 g/mol. The van der Waals surface area contributed by atoms with Gasteiger partial charge >= 0.3 is 0 Å². The highest BCUT2D eigenvalue weighted by Gasteiger charge is 2.21. The van der Waals surface area contributed by atoms with Crippen molar-refractivity contribution in [3.05, 3.63) is 59.5 Å². The summed E-state index contributed by atoms with van der Waals surface area (Å²) in [5.74, 6) is 1.93. The summed E-state index contributed by atoms with van der Waals surface area (Å²) in [6, 6.07) is 12.8. The molecular weight excluding hydrogens is 439 g/mol. The molecule has 0 spiro atoms. The molecule has 0 bridgehead atoms. The highest BCUT2D eigenvalue weighted by molar-refractivity contribution is 14.0. The van der Waals surface area contributed by atoms with Gasteiger partial charge in [-0.3, -0.25) is 9.89 Å². The second kappa shape index (κ2) is 9.97. The second-order valence-electron chi connectivity index (χ2n) is 6.63. The molecule has 0 saturated heterocycles. The van der Waals surface area contributed by atoms with E-state index in [1.807, 2.05) is 12.1 Å². The number of furan rings is 1. The Bertz CT molecular complexity index is 700. The van der Waals surface area contributed by atoms with Crippen molar-refractivity contribution in [2.24, 2.45) is 4.99 Å². The predicted octanol–water partition coefficient (Wildman–Crippen LogP) is 3.52. The molecule has 0 fully saturated rings. The third-order valence-corrected chi connectivity index (χ3v) is 4.67. The summed E-state index contributed by atoms with van der Waals surface area (Å²) in [4.78, 5) is 9.42. The number of benzene rings is 1. The lowest BCUT2D eigenvalue weighted by atomic mass is 10.0. The van der Waals surface area contributed by atoms with Crippen LogP contribution in [-0.2, 0) is 13.0 Å². The predicted molar refractivity (Wildman–Crippen MR) is 117 cm³/mol. The van der Waals surface area contributed by atoms with E-state index in [1.54, 1.807) is 6.26 Å². The van der Waals surface area contributed by atoms with E-state index in [2.05, 4.69) is 60.4 Å². The first-order valence-electron chi connectivity index (χ1n) is 8.99. The van der Waals surface area contributed by atoms with Gasteiger partial charge in [-0.15, -0.1) is 24.0 Å². The number of halogens is 1. The van der Waals surface area contributed by atoms with E-state index in [-0.39, 0.29) is 30.0 Å². The number of nitrogens with zero attached hydrogens (tertiary/aromatic N) is 3.